The molecule has 1 heterocycles. The zero-order chi connectivity index (χ0) is 12.3. The minimum atomic E-state index is 0.0799. The van der Waals surface area contributed by atoms with Crippen LogP contribution in [0.1, 0.15) is 16.5 Å². The minimum absolute atomic E-state index is 0.0799. The molecule has 0 bridgehead atoms. The van der Waals surface area contributed by atoms with Gasteiger partial charge in [0.1, 0.15) is 0 Å². The van der Waals surface area contributed by atoms with Gasteiger partial charge in [-0.05, 0) is 36.1 Å². The molecule has 2 N–H and O–H groups in total. The molecule has 4 heteroatoms. The third kappa shape index (κ3) is 3.26. The van der Waals surface area contributed by atoms with E-state index in [9.17, 15) is 0 Å². The predicted molar refractivity (Wildman–Crippen MR) is 78.2 cm³/mol. The highest BCUT2D eigenvalue weighted by atomic mass is 35.5. The van der Waals surface area contributed by atoms with Gasteiger partial charge in [0, 0.05) is 21.6 Å². The number of hydrogen-bond acceptors (Lipinski definition) is 3. The predicted octanol–water partition coefficient (Wildman–Crippen LogP) is 4.50. The molecule has 0 radical (unpaired) electrons. The Hall–Kier alpha value is -0.480. The highest BCUT2D eigenvalue weighted by Gasteiger charge is 2.11. The summed E-state index contributed by atoms with van der Waals surface area (Å²) in [7, 11) is 0. The Balaban J connectivity index is 2.00. The lowest BCUT2D eigenvalue weighted by molar-refractivity contribution is 0.844. The fraction of sp³-hybridized carbons (Fsp3) is 0.231. The summed E-state index contributed by atoms with van der Waals surface area (Å²) in [4.78, 5) is 2.36. The smallest absolute Gasteiger partial charge is 0.0541 e. The van der Waals surface area contributed by atoms with E-state index >= 15 is 0 Å². The molecule has 0 saturated heterocycles. The lowest BCUT2D eigenvalue weighted by atomic mass is 10.2. The number of benzene rings is 1. The molecule has 1 atom stereocenters. The van der Waals surface area contributed by atoms with Crippen molar-refractivity contribution in [1.29, 1.82) is 0 Å². The van der Waals surface area contributed by atoms with Gasteiger partial charge in [0.25, 0.3) is 0 Å². The van der Waals surface area contributed by atoms with Crippen molar-refractivity contribution in [3.63, 3.8) is 0 Å². The van der Waals surface area contributed by atoms with E-state index in [2.05, 4.69) is 18.4 Å². The topological polar surface area (TPSA) is 26.0 Å². The molecule has 1 aromatic heterocycles. The van der Waals surface area contributed by atoms with E-state index in [0.29, 0.717) is 0 Å². The molecule has 1 nitrogen and oxygen atoms in total. The van der Waals surface area contributed by atoms with Crippen LogP contribution in [0.5, 0.6) is 0 Å². The van der Waals surface area contributed by atoms with Gasteiger partial charge in [0.2, 0.25) is 0 Å². The first-order chi connectivity index (χ1) is 8.18. The van der Waals surface area contributed by atoms with Gasteiger partial charge in [-0.25, -0.2) is 0 Å². The van der Waals surface area contributed by atoms with E-state index < -0.39 is 0 Å². The number of aryl methyl sites for hydroxylation is 1. The molecule has 0 saturated carbocycles. The summed E-state index contributed by atoms with van der Waals surface area (Å²) in [5.41, 5.74) is 7.46. The van der Waals surface area contributed by atoms with E-state index in [0.717, 1.165) is 15.7 Å². The Bertz CT molecular complexity index is 496. The lowest BCUT2D eigenvalue weighted by Crippen LogP contribution is -2.12. The fourth-order valence-electron chi connectivity index (χ4n) is 1.58. The number of halogens is 1. The van der Waals surface area contributed by atoms with Crippen LogP contribution in [0, 0.1) is 6.92 Å². The average Bonchev–Trinajstić information content (AvgIpc) is 2.74. The molecule has 0 fully saturated rings. The summed E-state index contributed by atoms with van der Waals surface area (Å²) in [6.45, 7) is 2.10. The summed E-state index contributed by atoms with van der Waals surface area (Å²) in [6, 6.07) is 10.1. The number of nitrogens with two attached hydrogens (primary N) is 1. The van der Waals surface area contributed by atoms with Gasteiger partial charge in [-0.1, -0.05) is 23.7 Å². The highest BCUT2D eigenvalue weighted by Crippen LogP contribution is 2.31. The Morgan fingerprint density at radius 1 is 1.35 bits per heavy atom. The van der Waals surface area contributed by atoms with Crippen molar-refractivity contribution in [1.82, 2.24) is 0 Å². The van der Waals surface area contributed by atoms with Gasteiger partial charge in [-0.3, -0.25) is 0 Å². The first-order valence-electron chi connectivity index (χ1n) is 5.35. The molecule has 0 aliphatic rings. The average molecular weight is 284 g/mol. The number of hydrogen-bond donors (Lipinski definition) is 1. The highest BCUT2D eigenvalue weighted by molar-refractivity contribution is 7.99. The summed E-state index contributed by atoms with van der Waals surface area (Å²) >= 11 is 9.54. The summed E-state index contributed by atoms with van der Waals surface area (Å²) in [6.07, 6.45) is 0. The van der Waals surface area contributed by atoms with Crippen LogP contribution in [0.2, 0.25) is 5.02 Å². The van der Waals surface area contributed by atoms with Crippen LogP contribution < -0.4 is 5.73 Å². The van der Waals surface area contributed by atoms with Crippen LogP contribution in [0.15, 0.2) is 40.6 Å². The third-order valence-electron chi connectivity index (χ3n) is 2.49. The molecule has 90 valence electrons. The molecule has 2 rings (SSSR count). The van der Waals surface area contributed by atoms with Crippen LogP contribution in [-0.2, 0) is 0 Å². The zero-order valence-corrected chi connectivity index (χ0v) is 11.9. The van der Waals surface area contributed by atoms with E-state index in [4.69, 9.17) is 17.3 Å². The van der Waals surface area contributed by atoms with E-state index in [1.807, 2.05) is 24.3 Å². The molecule has 0 amide bonds. The van der Waals surface area contributed by atoms with Gasteiger partial charge >= 0.3 is 0 Å². The molecular weight excluding hydrogens is 270 g/mol. The summed E-state index contributed by atoms with van der Waals surface area (Å²) < 4.78 is 0. The largest absolute Gasteiger partial charge is 0.323 e. The number of thioether (sulfide) groups is 1. The normalized spacial score (nSPS) is 12.6. The maximum Gasteiger partial charge on any atom is 0.0541 e. The number of thiophene rings is 1. The minimum Gasteiger partial charge on any atom is -0.323 e. The molecule has 2 aromatic rings. The fourth-order valence-corrected chi connectivity index (χ4v) is 3.82. The molecule has 1 unspecified atom stereocenters. The van der Waals surface area contributed by atoms with Gasteiger partial charge in [0.05, 0.1) is 5.02 Å². The van der Waals surface area contributed by atoms with E-state index in [1.165, 1.54) is 10.4 Å². The first kappa shape index (κ1) is 13.0. The lowest BCUT2D eigenvalue weighted by Gasteiger charge is -2.11. The van der Waals surface area contributed by atoms with Gasteiger partial charge in [-0.2, -0.15) is 0 Å². The van der Waals surface area contributed by atoms with Crippen molar-refractivity contribution < 1.29 is 0 Å². The maximum absolute atomic E-state index is 6.18. The van der Waals surface area contributed by atoms with Crippen molar-refractivity contribution in [2.45, 2.75) is 17.9 Å². The van der Waals surface area contributed by atoms with Crippen molar-refractivity contribution in [2.75, 3.05) is 5.75 Å². The molecule has 1 aromatic carbocycles. The quantitative estimate of drug-likeness (QED) is 0.836. The van der Waals surface area contributed by atoms with Crippen LogP contribution in [0.4, 0.5) is 0 Å². The van der Waals surface area contributed by atoms with Crippen LogP contribution in [-0.4, -0.2) is 5.75 Å². The Labute approximate surface area is 115 Å². The summed E-state index contributed by atoms with van der Waals surface area (Å²) in [5, 5.41) is 2.89. The molecule has 0 aliphatic heterocycles. The molecule has 17 heavy (non-hydrogen) atoms. The second-order valence-corrected chi connectivity index (χ2v) is 6.23. The standard InChI is InChI=1S/C13H14ClNS2/c1-9-6-7-16-13(9)11(15)8-17-12-5-3-2-4-10(12)14/h2-7,11H,8,15H2,1H3. The molecular formula is C13H14ClNS2. The monoisotopic (exact) mass is 283 g/mol. The molecule has 0 spiro atoms. The first-order valence-corrected chi connectivity index (χ1v) is 7.59. The second kappa shape index (κ2) is 5.91. The van der Waals surface area contributed by atoms with Crippen molar-refractivity contribution in [2.24, 2.45) is 5.73 Å². The van der Waals surface area contributed by atoms with E-state index in [1.54, 1.807) is 23.1 Å². The van der Waals surface area contributed by atoms with E-state index in [-0.39, 0.29) is 6.04 Å². The van der Waals surface area contributed by atoms with Crippen molar-refractivity contribution in [3.8, 4) is 0 Å². The van der Waals surface area contributed by atoms with Crippen molar-refractivity contribution in [3.05, 3.63) is 51.2 Å². The van der Waals surface area contributed by atoms with Gasteiger partial charge in [0.15, 0.2) is 0 Å². The van der Waals surface area contributed by atoms with Crippen LogP contribution in [0.25, 0.3) is 0 Å². The summed E-state index contributed by atoms with van der Waals surface area (Å²) in [5.74, 6) is 0.852. The Kier molecular flexibility index (Phi) is 4.51. The van der Waals surface area contributed by atoms with Gasteiger partial charge < -0.3 is 5.73 Å². The SMILES string of the molecule is Cc1ccsc1C(N)CSc1ccccc1Cl. The van der Waals surface area contributed by atoms with Crippen LogP contribution >= 0.6 is 34.7 Å². The third-order valence-corrected chi connectivity index (χ3v) is 5.28. The second-order valence-electron chi connectivity index (χ2n) is 3.82. The van der Waals surface area contributed by atoms with Crippen molar-refractivity contribution >= 4 is 34.7 Å². The molecule has 0 aliphatic carbocycles. The van der Waals surface area contributed by atoms with Crippen LogP contribution in [0.3, 0.4) is 0 Å². The Morgan fingerprint density at radius 2 is 2.12 bits per heavy atom. The maximum atomic E-state index is 6.18. The number of rotatable bonds is 4. The van der Waals surface area contributed by atoms with Gasteiger partial charge in [-0.15, -0.1) is 23.1 Å². The zero-order valence-electron chi connectivity index (χ0n) is 9.52. The Morgan fingerprint density at radius 3 is 2.76 bits per heavy atom.